The molecule has 0 saturated carbocycles. The third-order valence-electron chi connectivity index (χ3n) is 14.6. The van der Waals surface area contributed by atoms with Crippen molar-refractivity contribution in [1.82, 2.24) is 10.1 Å². The first-order chi connectivity index (χ1) is 31.9. The van der Waals surface area contributed by atoms with Crippen LogP contribution in [0.4, 0.5) is 0 Å². The van der Waals surface area contributed by atoms with Crippen molar-refractivity contribution in [3.8, 4) is 0 Å². The van der Waals surface area contributed by atoms with Gasteiger partial charge in [-0.1, -0.05) is 154 Å². The van der Waals surface area contributed by atoms with Crippen molar-refractivity contribution in [3.63, 3.8) is 0 Å². The van der Waals surface area contributed by atoms with E-state index >= 15 is 0 Å². The van der Waals surface area contributed by atoms with Crippen molar-refractivity contribution in [2.45, 2.75) is 212 Å². The number of unbranched alkanes of at least 4 members (excludes halogenated alkanes) is 14. The Morgan fingerprint density at radius 1 is 0.716 bits per heavy atom. The number of aryl methyl sites for hydroxylation is 1. The van der Waals surface area contributed by atoms with Crippen molar-refractivity contribution < 1.29 is 50.9 Å². The van der Waals surface area contributed by atoms with Crippen molar-refractivity contribution in [3.05, 3.63) is 65.2 Å². The molecule has 0 bridgehead atoms. The number of carbonyl (C=O) groups is 4. The van der Waals surface area contributed by atoms with E-state index in [0.717, 1.165) is 37.7 Å². The lowest BCUT2D eigenvalue weighted by atomic mass is 9.66. The summed E-state index contributed by atoms with van der Waals surface area (Å²) >= 11 is 0. The van der Waals surface area contributed by atoms with E-state index in [1.165, 1.54) is 115 Å². The fraction of sp³-hybridized carbons (Fsp3) is 0.698. The van der Waals surface area contributed by atoms with Crippen LogP contribution in [0.2, 0.25) is 0 Å². The van der Waals surface area contributed by atoms with Crippen LogP contribution in [0.15, 0.2) is 53.4 Å². The summed E-state index contributed by atoms with van der Waals surface area (Å²) in [6.45, 7) is 19.6. The van der Waals surface area contributed by atoms with E-state index in [1.807, 2.05) is 5.06 Å². The highest BCUT2D eigenvalue weighted by Crippen LogP contribution is 2.54. The quantitative estimate of drug-likeness (QED) is 0.0528. The number of imide groups is 1. The van der Waals surface area contributed by atoms with Gasteiger partial charge < -0.3 is 19.0 Å². The fourth-order valence-electron chi connectivity index (χ4n) is 9.49. The molecule has 3 unspecified atom stereocenters. The van der Waals surface area contributed by atoms with Gasteiger partial charge in [-0.25, -0.2) is 0 Å². The number of hydrogen-bond acceptors (Lipinski definition) is 12. The molecule has 0 radical (unpaired) electrons. The number of piperidine rings is 1. The monoisotopic (exact) mass is 955 g/mol. The Bertz CT molecular complexity index is 1980. The normalized spacial score (nSPS) is 25.1. The van der Waals surface area contributed by atoms with Gasteiger partial charge in [0.2, 0.25) is 0 Å². The molecule has 67 heavy (non-hydrogen) atoms. The number of ether oxygens (including phenoxy) is 3. The molecule has 2 aromatic rings. The fourth-order valence-corrected chi connectivity index (χ4v) is 10.4. The maximum Gasteiger partial charge on any atom is 0.322 e. The number of hydrogen-bond donors (Lipinski definition) is 0. The largest absolute Gasteiger partial charge is 0.465 e. The minimum absolute atomic E-state index is 0.0449. The Hall–Kier alpha value is -3.69. The smallest absolute Gasteiger partial charge is 0.322 e. The summed E-state index contributed by atoms with van der Waals surface area (Å²) in [5, 5.41) is 2.20. The van der Waals surface area contributed by atoms with Gasteiger partial charge in [0, 0.05) is 25.7 Å². The van der Waals surface area contributed by atoms with Crippen LogP contribution < -0.4 is 0 Å². The molecule has 14 heteroatoms. The number of fused-ring (bicyclic) bond motifs is 1. The van der Waals surface area contributed by atoms with E-state index < -0.39 is 38.8 Å². The van der Waals surface area contributed by atoms with Gasteiger partial charge in [0.05, 0.1) is 45.7 Å². The molecule has 2 aromatic carbocycles. The Morgan fingerprint density at radius 2 is 1.21 bits per heavy atom. The summed E-state index contributed by atoms with van der Waals surface area (Å²) in [6, 6.07) is 11.9. The Labute approximate surface area is 402 Å². The molecule has 0 aliphatic carbocycles. The van der Waals surface area contributed by atoms with E-state index in [-0.39, 0.29) is 44.4 Å². The third kappa shape index (κ3) is 14.7. The van der Waals surface area contributed by atoms with Crippen molar-refractivity contribution in [1.29, 1.82) is 0 Å². The number of benzene rings is 2. The van der Waals surface area contributed by atoms with Crippen molar-refractivity contribution >= 4 is 33.9 Å². The van der Waals surface area contributed by atoms with Gasteiger partial charge >= 0.3 is 22.1 Å². The number of amides is 2. The van der Waals surface area contributed by atoms with Crippen LogP contribution in [-0.4, -0.2) is 79.0 Å². The first-order valence-corrected chi connectivity index (χ1v) is 26.7. The van der Waals surface area contributed by atoms with Crippen LogP contribution in [0.3, 0.4) is 0 Å². The highest BCUT2D eigenvalue weighted by molar-refractivity contribution is 7.86. The Morgan fingerprint density at radius 3 is 1.66 bits per heavy atom. The molecular weight excluding hydrogens is 873 g/mol. The van der Waals surface area contributed by atoms with E-state index in [9.17, 15) is 27.6 Å². The van der Waals surface area contributed by atoms with E-state index in [4.69, 9.17) is 23.3 Å². The summed E-state index contributed by atoms with van der Waals surface area (Å²) < 4.78 is 48.3. The molecular formula is C53H82N2O11S. The van der Waals surface area contributed by atoms with Gasteiger partial charge in [-0.3, -0.25) is 19.2 Å². The van der Waals surface area contributed by atoms with Gasteiger partial charge in [0.1, 0.15) is 6.61 Å². The number of carbonyl (C=O) groups excluding carboxylic acids is 4. The molecule has 1 spiro atoms. The lowest BCUT2D eigenvalue weighted by molar-refractivity contribution is -0.403. The van der Waals surface area contributed by atoms with Crippen LogP contribution in [0.1, 0.15) is 210 Å². The molecule has 2 amide bonds. The second-order valence-electron chi connectivity index (χ2n) is 19.7. The second-order valence-corrected chi connectivity index (χ2v) is 21.3. The van der Waals surface area contributed by atoms with Gasteiger partial charge in [0.15, 0.2) is 5.79 Å². The predicted molar refractivity (Wildman–Crippen MR) is 259 cm³/mol. The standard InChI is InChI=1S/C38H71NO6.C15H11NO5S/c1-9-13-14-15-16-17-18-19-20-21-22-23-24-25-26-27-34(41)42-29-37(12-4)30-43-38(44-31-37)28-35(7,10-2)39(45-33(6)40)36(8,11-3)32(38)5;1-10-6-8-11(9-7-10)22(19,20)21-16-14(17)12-4-2-3-5-13(12)15(16)18/h32H,9-31H2,1-8H3;2-9H,1H3. The van der Waals surface area contributed by atoms with Crippen LogP contribution in [-0.2, 0) is 43.0 Å². The molecule has 0 aromatic heterocycles. The van der Waals surface area contributed by atoms with E-state index in [0.29, 0.717) is 32.7 Å². The minimum atomic E-state index is -4.26. The zero-order valence-electron chi connectivity index (χ0n) is 42.3. The molecule has 2 saturated heterocycles. The predicted octanol–water partition coefficient (Wildman–Crippen LogP) is 12.0. The summed E-state index contributed by atoms with van der Waals surface area (Å²) in [4.78, 5) is 54.6. The molecule has 376 valence electrons. The lowest BCUT2D eigenvalue weighted by Gasteiger charge is -2.63. The Kier molecular flexibility index (Phi) is 21.5. The molecule has 2 fully saturated rings. The van der Waals surface area contributed by atoms with Gasteiger partial charge in [-0.05, 0) is 70.7 Å². The van der Waals surface area contributed by atoms with Crippen LogP contribution in [0.5, 0.6) is 0 Å². The zero-order valence-corrected chi connectivity index (χ0v) is 43.1. The summed E-state index contributed by atoms with van der Waals surface area (Å²) in [5.41, 5.74) is -0.137. The van der Waals surface area contributed by atoms with Crippen LogP contribution in [0, 0.1) is 18.3 Å². The summed E-state index contributed by atoms with van der Waals surface area (Å²) in [6.07, 6.45) is 23.1. The second kappa shape index (κ2) is 25.8. The van der Waals surface area contributed by atoms with Crippen LogP contribution >= 0.6 is 0 Å². The first kappa shape index (κ1) is 55.9. The van der Waals surface area contributed by atoms with Crippen LogP contribution in [0.25, 0.3) is 0 Å². The third-order valence-corrected chi connectivity index (χ3v) is 15.8. The molecule has 5 rings (SSSR count). The van der Waals surface area contributed by atoms with Crippen molar-refractivity contribution in [2.24, 2.45) is 11.3 Å². The minimum Gasteiger partial charge on any atom is -0.465 e. The zero-order chi connectivity index (χ0) is 49.3. The maximum absolute atomic E-state index is 12.6. The SMILES string of the molecule is CCCCCCCCCCCCCCCCCC(=O)OCC1(CC)COC2(CC(C)(CC)N(OC(C)=O)C(C)(CC)C2C)OC1.Cc1ccc(S(=O)(=O)ON2C(=O)c3ccccc3C2=O)cc1. The average Bonchev–Trinajstić information content (AvgIpc) is 3.55. The Balaban J connectivity index is 0.000000367. The van der Waals surface area contributed by atoms with E-state index in [1.54, 1.807) is 31.2 Å². The highest BCUT2D eigenvalue weighted by Gasteiger charge is 2.64. The summed E-state index contributed by atoms with van der Waals surface area (Å²) in [5.74, 6) is -2.84. The highest BCUT2D eigenvalue weighted by atomic mass is 32.2. The lowest BCUT2D eigenvalue weighted by Crippen LogP contribution is -2.74. The molecule has 3 atom stereocenters. The average molecular weight is 955 g/mol. The maximum atomic E-state index is 12.6. The first-order valence-electron chi connectivity index (χ1n) is 25.3. The number of rotatable bonds is 25. The molecule has 3 heterocycles. The molecule has 13 nitrogen and oxygen atoms in total. The summed E-state index contributed by atoms with van der Waals surface area (Å²) in [7, 11) is -4.26. The molecule has 3 aliphatic rings. The van der Waals surface area contributed by atoms with Gasteiger partial charge in [-0.2, -0.15) is 8.42 Å². The number of esters is 1. The van der Waals surface area contributed by atoms with Crippen molar-refractivity contribution in [2.75, 3.05) is 19.8 Å². The molecule has 3 aliphatic heterocycles. The van der Waals surface area contributed by atoms with E-state index in [2.05, 4.69) is 48.5 Å². The van der Waals surface area contributed by atoms with Gasteiger partial charge in [-0.15, -0.1) is 14.4 Å². The number of nitrogens with zero attached hydrogens (tertiary/aromatic N) is 2. The topological polar surface area (TPSA) is 155 Å². The molecule has 0 N–H and O–H groups in total. The van der Waals surface area contributed by atoms with Gasteiger partial charge in [0.25, 0.3) is 11.8 Å². The number of hydroxylamine groups is 4.